The van der Waals surface area contributed by atoms with Gasteiger partial charge in [-0.25, -0.2) is 0 Å². The van der Waals surface area contributed by atoms with E-state index < -0.39 is 0 Å². The van der Waals surface area contributed by atoms with E-state index >= 15 is 0 Å². The fourth-order valence-electron chi connectivity index (χ4n) is 5.65. The average molecular weight is 378 g/mol. The normalized spacial score (nSPS) is 25.0. The van der Waals surface area contributed by atoms with Gasteiger partial charge in [-0.15, -0.1) is 0 Å². The van der Waals surface area contributed by atoms with E-state index in [9.17, 15) is 4.79 Å². The van der Waals surface area contributed by atoms with Crippen molar-refractivity contribution in [2.75, 3.05) is 26.7 Å². The molecule has 5 rings (SSSR count). The molecule has 1 aromatic carbocycles. The van der Waals surface area contributed by atoms with Crippen LogP contribution in [0, 0.1) is 11.8 Å². The largest absolute Gasteiger partial charge is 0.361 e. The Balaban J connectivity index is 1.56. The summed E-state index contributed by atoms with van der Waals surface area (Å²) < 4.78 is 0. The first-order valence-electron chi connectivity index (χ1n) is 11.0. The van der Waals surface area contributed by atoms with Crippen LogP contribution in [-0.4, -0.2) is 53.4 Å². The summed E-state index contributed by atoms with van der Waals surface area (Å²) in [4.78, 5) is 21.1. The lowest BCUT2D eigenvalue weighted by Crippen LogP contribution is -2.50. The first-order valence-corrected chi connectivity index (χ1v) is 11.0. The summed E-state index contributed by atoms with van der Waals surface area (Å²) in [5, 5.41) is 1.36. The minimum absolute atomic E-state index is 0.0339. The van der Waals surface area contributed by atoms with Gasteiger partial charge >= 0.3 is 0 Å². The van der Waals surface area contributed by atoms with E-state index in [1.807, 2.05) is 11.9 Å². The van der Waals surface area contributed by atoms with Gasteiger partial charge in [-0.05, 0) is 54.9 Å². The summed E-state index contributed by atoms with van der Waals surface area (Å²) in [7, 11) is 1.93. The third-order valence-corrected chi connectivity index (χ3v) is 7.26. The number of benzene rings is 1. The maximum absolute atomic E-state index is 13.1. The molecule has 1 aromatic heterocycles. The Morgan fingerprint density at radius 1 is 1.29 bits per heavy atom. The Kier molecular flexibility index (Phi) is 4.54. The zero-order valence-electron chi connectivity index (χ0n) is 17.1. The van der Waals surface area contributed by atoms with E-state index in [2.05, 4.69) is 47.3 Å². The number of amides is 1. The molecule has 28 heavy (non-hydrogen) atoms. The smallest absolute Gasteiger partial charge is 0.230 e. The lowest BCUT2D eigenvalue weighted by Gasteiger charge is -2.43. The fourth-order valence-corrected chi connectivity index (χ4v) is 5.65. The van der Waals surface area contributed by atoms with Gasteiger partial charge in [0.05, 0.1) is 5.92 Å². The van der Waals surface area contributed by atoms with Gasteiger partial charge in [-0.2, -0.15) is 0 Å². The predicted molar refractivity (Wildman–Crippen MR) is 114 cm³/mol. The number of nitrogens with one attached hydrogen (secondary N) is 1. The van der Waals surface area contributed by atoms with Crippen LogP contribution in [0.15, 0.2) is 30.5 Å². The third kappa shape index (κ3) is 2.89. The van der Waals surface area contributed by atoms with E-state index in [-0.39, 0.29) is 11.8 Å². The molecule has 0 unspecified atom stereocenters. The van der Waals surface area contributed by atoms with Crippen molar-refractivity contribution in [1.29, 1.82) is 0 Å². The van der Waals surface area contributed by atoms with Crippen LogP contribution in [0.1, 0.15) is 43.7 Å². The molecule has 2 heterocycles. The van der Waals surface area contributed by atoms with E-state index in [0.29, 0.717) is 6.04 Å². The number of H-pyrrole nitrogens is 1. The first kappa shape index (κ1) is 18.0. The van der Waals surface area contributed by atoms with Gasteiger partial charge in [-0.1, -0.05) is 31.1 Å². The van der Waals surface area contributed by atoms with E-state index in [1.165, 1.54) is 53.3 Å². The topological polar surface area (TPSA) is 39.3 Å². The maximum Gasteiger partial charge on any atom is 0.230 e. The fraction of sp³-hybridized carbons (Fsp3) is 0.542. The maximum atomic E-state index is 13.1. The number of hydrogen-bond donors (Lipinski definition) is 1. The Morgan fingerprint density at radius 3 is 2.89 bits per heavy atom. The van der Waals surface area contributed by atoms with Crippen molar-refractivity contribution in [3.8, 4) is 0 Å². The van der Waals surface area contributed by atoms with Gasteiger partial charge < -0.3 is 9.88 Å². The molecule has 0 radical (unpaired) electrons. The number of carbonyl (C=O) groups is 1. The molecule has 148 valence electrons. The van der Waals surface area contributed by atoms with Crippen LogP contribution in [0.3, 0.4) is 0 Å². The van der Waals surface area contributed by atoms with E-state index in [4.69, 9.17) is 0 Å². The lowest BCUT2D eigenvalue weighted by molar-refractivity contribution is -0.133. The third-order valence-electron chi connectivity index (χ3n) is 7.26. The van der Waals surface area contributed by atoms with Crippen molar-refractivity contribution >= 4 is 22.4 Å². The van der Waals surface area contributed by atoms with Crippen molar-refractivity contribution < 1.29 is 4.79 Å². The second-order valence-electron chi connectivity index (χ2n) is 8.95. The van der Waals surface area contributed by atoms with Gasteiger partial charge in [0, 0.05) is 49.8 Å². The summed E-state index contributed by atoms with van der Waals surface area (Å²) in [6.07, 6.45) is 11.0. The molecule has 0 spiro atoms. The van der Waals surface area contributed by atoms with Gasteiger partial charge in [0.25, 0.3) is 0 Å². The summed E-state index contributed by atoms with van der Waals surface area (Å²) in [5.41, 5.74) is 5.36. The molecular formula is C24H31N3O. The summed E-state index contributed by atoms with van der Waals surface area (Å²) in [6.45, 7) is 4.82. The Labute approximate surface area is 167 Å². The monoisotopic (exact) mass is 377 g/mol. The van der Waals surface area contributed by atoms with Gasteiger partial charge in [0.15, 0.2) is 0 Å². The average Bonchev–Trinajstić information content (AvgIpc) is 3.38. The highest BCUT2D eigenvalue weighted by atomic mass is 16.2. The molecule has 1 N–H and O–H groups in total. The molecule has 3 aliphatic rings. The molecule has 1 saturated carbocycles. The number of fused-ring (bicyclic) bond motifs is 2. The summed E-state index contributed by atoms with van der Waals surface area (Å²) in [6, 6.07) is 6.97. The highest BCUT2D eigenvalue weighted by Crippen LogP contribution is 2.42. The van der Waals surface area contributed by atoms with E-state index in [1.54, 1.807) is 0 Å². The second-order valence-corrected chi connectivity index (χ2v) is 8.95. The van der Waals surface area contributed by atoms with Crippen LogP contribution in [-0.2, 0) is 11.2 Å². The molecule has 2 aliphatic carbocycles. The predicted octanol–water partition coefficient (Wildman–Crippen LogP) is 4.08. The Bertz CT molecular complexity index is 921. The first-order chi connectivity index (χ1) is 13.7. The highest BCUT2D eigenvalue weighted by Gasteiger charge is 2.38. The Morgan fingerprint density at radius 2 is 2.11 bits per heavy atom. The van der Waals surface area contributed by atoms with Crippen molar-refractivity contribution in [2.24, 2.45) is 11.8 Å². The van der Waals surface area contributed by atoms with E-state index in [0.717, 1.165) is 32.0 Å². The second kappa shape index (κ2) is 7.07. The SMILES string of the molecule is CCN(C)C(=O)[C@H]1C=C2c3cccc4[nH]cc(c34)C[C@H]2N(CC2CCCC2)C1. The van der Waals surface area contributed by atoms with Crippen molar-refractivity contribution in [2.45, 2.75) is 45.1 Å². The minimum Gasteiger partial charge on any atom is -0.361 e. The summed E-state index contributed by atoms with van der Waals surface area (Å²) >= 11 is 0. The van der Waals surface area contributed by atoms with Crippen LogP contribution in [0.4, 0.5) is 0 Å². The number of nitrogens with zero attached hydrogens (tertiary/aromatic N) is 2. The van der Waals surface area contributed by atoms with Crippen molar-refractivity contribution in [3.63, 3.8) is 0 Å². The summed E-state index contributed by atoms with van der Waals surface area (Å²) in [5.74, 6) is 1.02. The van der Waals surface area contributed by atoms with Crippen LogP contribution >= 0.6 is 0 Å². The van der Waals surface area contributed by atoms with Gasteiger partial charge in [-0.3, -0.25) is 9.69 Å². The molecule has 4 heteroatoms. The quantitative estimate of drug-likeness (QED) is 0.872. The number of hydrogen-bond acceptors (Lipinski definition) is 2. The van der Waals surface area contributed by atoms with Gasteiger partial charge in [0.1, 0.15) is 0 Å². The minimum atomic E-state index is -0.0339. The van der Waals surface area contributed by atoms with Crippen LogP contribution < -0.4 is 0 Å². The van der Waals surface area contributed by atoms with Crippen molar-refractivity contribution in [1.82, 2.24) is 14.8 Å². The highest BCUT2D eigenvalue weighted by molar-refractivity contribution is 5.99. The molecule has 2 atom stereocenters. The standard InChI is InChI=1S/C24H31N3O/c1-3-26(2)24(28)18-11-20-19-9-6-10-21-23(19)17(13-25-21)12-22(20)27(15-18)14-16-7-4-5-8-16/h6,9-11,13,16,18,22,25H,3-5,7-8,12,14-15H2,1-2H3/t18-,22+/m0/s1. The number of rotatable bonds is 4. The van der Waals surface area contributed by atoms with Gasteiger partial charge in [0.2, 0.25) is 5.91 Å². The molecule has 4 nitrogen and oxygen atoms in total. The molecular weight excluding hydrogens is 346 g/mol. The molecule has 0 bridgehead atoms. The number of carbonyl (C=O) groups excluding carboxylic acids is 1. The zero-order valence-corrected chi connectivity index (χ0v) is 17.1. The zero-order chi connectivity index (χ0) is 19.3. The molecule has 2 aromatic rings. The Hall–Kier alpha value is -2.07. The van der Waals surface area contributed by atoms with Crippen LogP contribution in [0.5, 0.6) is 0 Å². The lowest BCUT2D eigenvalue weighted by atomic mass is 9.79. The number of aromatic nitrogens is 1. The molecule has 1 amide bonds. The van der Waals surface area contributed by atoms with Crippen LogP contribution in [0.2, 0.25) is 0 Å². The molecule has 1 aliphatic heterocycles. The molecule has 1 fully saturated rings. The van der Waals surface area contributed by atoms with Crippen molar-refractivity contribution in [3.05, 3.63) is 41.6 Å². The molecule has 0 saturated heterocycles. The number of aromatic amines is 1. The van der Waals surface area contributed by atoms with Crippen LogP contribution in [0.25, 0.3) is 16.5 Å².